The summed E-state index contributed by atoms with van der Waals surface area (Å²) in [5.41, 5.74) is 4.06. The van der Waals surface area contributed by atoms with Crippen LogP contribution < -0.4 is 10.2 Å². The van der Waals surface area contributed by atoms with E-state index in [-0.39, 0.29) is 0 Å². The average Bonchev–Trinajstić information content (AvgIpc) is 2.87. The molecule has 1 atom stereocenters. The van der Waals surface area contributed by atoms with E-state index in [9.17, 15) is 0 Å². The molecule has 2 heterocycles. The summed E-state index contributed by atoms with van der Waals surface area (Å²) in [6, 6.07) is 13.7. The van der Waals surface area contributed by atoms with Gasteiger partial charge in [-0.25, -0.2) is 0 Å². The van der Waals surface area contributed by atoms with Crippen LogP contribution in [0.4, 0.5) is 5.69 Å². The van der Waals surface area contributed by atoms with Crippen molar-refractivity contribution in [3.63, 3.8) is 0 Å². The summed E-state index contributed by atoms with van der Waals surface area (Å²) in [7, 11) is 4.15. The molecular formula is C15H20N3+. The van der Waals surface area contributed by atoms with Gasteiger partial charge in [-0.1, -0.05) is 12.1 Å². The van der Waals surface area contributed by atoms with Gasteiger partial charge in [0.25, 0.3) is 0 Å². The summed E-state index contributed by atoms with van der Waals surface area (Å²) in [5.74, 6) is 0. The number of hydrogen-bond acceptors (Lipinski definition) is 1. The number of hydrogen-bond donors (Lipinski definition) is 1. The van der Waals surface area contributed by atoms with E-state index in [0.717, 1.165) is 13.1 Å². The van der Waals surface area contributed by atoms with Gasteiger partial charge in [0.05, 0.1) is 18.8 Å². The molecule has 1 aromatic carbocycles. The molecule has 0 saturated heterocycles. The molecule has 3 rings (SSSR count). The Kier molecular flexibility index (Phi) is 2.84. The van der Waals surface area contributed by atoms with Crippen LogP contribution in [0.3, 0.4) is 0 Å². The monoisotopic (exact) mass is 242 g/mol. The minimum atomic E-state index is 0.449. The normalized spacial score (nSPS) is 18.4. The predicted molar refractivity (Wildman–Crippen MR) is 73.8 cm³/mol. The number of anilines is 1. The molecule has 0 fully saturated rings. The van der Waals surface area contributed by atoms with Crippen molar-refractivity contribution in [3.8, 4) is 0 Å². The highest BCUT2D eigenvalue weighted by atomic mass is 15.1. The first-order valence-corrected chi connectivity index (χ1v) is 6.51. The van der Waals surface area contributed by atoms with Gasteiger partial charge in [0.1, 0.15) is 0 Å². The zero-order chi connectivity index (χ0) is 12.5. The first kappa shape index (κ1) is 11.4. The molecule has 1 aliphatic heterocycles. The molecule has 2 N–H and O–H groups in total. The van der Waals surface area contributed by atoms with Crippen molar-refractivity contribution in [1.82, 2.24) is 4.57 Å². The summed E-state index contributed by atoms with van der Waals surface area (Å²) in [6.07, 6.45) is 2.18. The smallest absolute Gasteiger partial charge is 0.152 e. The molecular weight excluding hydrogens is 222 g/mol. The summed E-state index contributed by atoms with van der Waals surface area (Å²) in [6.45, 7) is 2.27. The summed E-state index contributed by atoms with van der Waals surface area (Å²) >= 11 is 0. The molecule has 0 radical (unpaired) electrons. The average molecular weight is 242 g/mol. The zero-order valence-electron chi connectivity index (χ0n) is 11.0. The molecule has 94 valence electrons. The molecule has 0 saturated carbocycles. The largest absolute Gasteiger partial charge is 0.378 e. The van der Waals surface area contributed by atoms with Gasteiger partial charge < -0.3 is 14.8 Å². The van der Waals surface area contributed by atoms with E-state index in [0.29, 0.717) is 6.04 Å². The van der Waals surface area contributed by atoms with Crippen LogP contribution in [0, 0.1) is 0 Å². The van der Waals surface area contributed by atoms with Crippen molar-refractivity contribution >= 4 is 5.69 Å². The third-order valence-corrected chi connectivity index (χ3v) is 3.72. The van der Waals surface area contributed by atoms with Crippen LogP contribution in [0.1, 0.15) is 17.3 Å². The van der Waals surface area contributed by atoms with Crippen molar-refractivity contribution in [2.75, 3.05) is 25.5 Å². The number of aromatic nitrogens is 1. The van der Waals surface area contributed by atoms with Gasteiger partial charge in [-0.15, -0.1) is 0 Å². The Labute approximate surface area is 108 Å². The van der Waals surface area contributed by atoms with Crippen LogP contribution in [0.15, 0.2) is 42.6 Å². The second-order valence-corrected chi connectivity index (χ2v) is 5.11. The minimum Gasteiger partial charge on any atom is -0.378 e. The maximum Gasteiger partial charge on any atom is 0.152 e. The van der Waals surface area contributed by atoms with Crippen LogP contribution >= 0.6 is 0 Å². The van der Waals surface area contributed by atoms with Crippen molar-refractivity contribution in [2.45, 2.75) is 12.6 Å². The van der Waals surface area contributed by atoms with Crippen LogP contribution in [0.25, 0.3) is 0 Å². The molecule has 18 heavy (non-hydrogen) atoms. The Bertz CT molecular complexity index is 525. The topological polar surface area (TPSA) is 24.8 Å². The number of rotatable bonds is 2. The molecule has 0 amide bonds. The maximum atomic E-state index is 2.43. The molecule has 1 aliphatic rings. The fourth-order valence-corrected chi connectivity index (χ4v) is 2.70. The second-order valence-electron chi connectivity index (χ2n) is 5.11. The fourth-order valence-electron chi connectivity index (χ4n) is 2.70. The van der Waals surface area contributed by atoms with E-state index in [1.807, 2.05) is 0 Å². The van der Waals surface area contributed by atoms with Crippen LogP contribution in [-0.4, -0.2) is 25.2 Å². The molecule has 0 aliphatic carbocycles. The highest BCUT2D eigenvalue weighted by molar-refractivity contribution is 5.47. The van der Waals surface area contributed by atoms with Gasteiger partial charge in [-0.3, -0.25) is 0 Å². The van der Waals surface area contributed by atoms with E-state index in [1.165, 1.54) is 16.9 Å². The van der Waals surface area contributed by atoms with Crippen molar-refractivity contribution in [1.29, 1.82) is 0 Å². The molecule has 0 spiro atoms. The Hall–Kier alpha value is -1.74. The lowest BCUT2D eigenvalue weighted by atomic mass is 10.0. The molecule has 3 heteroatoms. The third kappa shape index (κ3) is 1.91. The Balaban J connectivity index is 1.92. The minimum absolute atomic E-state index is 0.449. The number of benzene rings is 1. The molecule has 3 nitrogen and oxygen atoms in total. The maximum absolute atomic E-state index is 2.43. The number of fused-ring (bicyclic) bond motifs is 1. The number of quaternary nitrogens is 1. The zero-order valence-corrected chi connectivity index (χ0v) is 11.0. The van der Waals surface area contributed by atoms with E-state index in [2.05, 4.69) is 71.5 Å². The predicted octanol–water partition coefficient (Wildman–Crippen LogP) is 1.22. The van der Waals surface area contributed by atoms with Gasteiger partial charge >= 0.3 is 0 Å². The Morgan fingerprint density at radius 1 is 1.17 bits per heavy atom. The van der Waals surface area contributed by atoms with Gasteiger partial charge in [0, 0.05) is 31.5 Å². The third-order valence-electron chi connectivity index (χ3n) is 3.72. The Morgan fingerprint density at radius 3 is 2.67 bits per heavy atom. The van der Waals surface area contributed by atoms with Crippen LogP contribution in [0.5, 0.6) is 0 Å². The lowest BCUT2D eigenvalue weighted by Gasteiger charge is -2.24. The lowest BCUT2D eigenvalue weighted by molar-refractivity contribution is -0.693. The van der Waals surface area contributed by atoms with Gasteiger partial charge in [-0.05, 0) is 24.3 Å². The van der Waals surface area contributed by atoms with Crippen molar-refractivity contribution < 1.29 is 5.32 Å². The van der Waals surface area contributed by atoms with E-state index >= 15 is 0 Å². The highest BCUT2D eigenvalue weighted by Gasteiger charge is 2.24. The molecule has 2 aromatic rings. The molecule has 0 unspecified atom stereocenters. The SMILES string of the molecule is CN(C)c1ccc([C@@H]2[NH2+]CCn3cccc32)cc1. The highest BCUT2D eigenvalue weighted by Crippen LogP contribution is 2.23. The summed E-state index contributed by atoms with van der Waals surface area (Å²) < 4.78 is 2.37. The molecule has 0 bridgehead atoms. The second kappa shape index (κ2) is 4.50. The van der Waals surface area contributed by atoms with Crippen LogP contribution in [0.2, 0.25) is 0 Å². The standard InChI is InChI=1S/C15H19N3/c1-17(2)13-7-5-12(6-8-13)15-14-4-3-10-18(14)11-9-16-15/h3-8,10,15-16H,9,11H2,1-2H3/p+1/t15-/m0/s1. The molecule has 1 aromatic heterocycles. The van der Waals surface area contributed by atoms with Crippen molar-refractivity contribution in [3.05, 3.63) is 53.9 Å². The lowest BCUT2D eigenvalue weighted by Crippen LogP contribution is -2.88. The summed E-state index contributed by atoms with van der Waals surface area (Å²) in [4.78, 5) is 2.14. The first-order chi connectivity index (χ1) is 8.75. The van der Waals surface area contributed by atoms with E-state index < -0.39 is 0 Å². The fraction of sp³-hybridized carbons (Fsp3) is 0.333. The van der Waals surface area contributed by atoms with Crippen molar-refractivity contribution in [2.24, 2.45) is 0 Å². The van der Waals surface area contributed by atoms with E-state index in [1.54, 1.807) is 0 Å². The number of nitrogens with zero attached hydrogens (tertiary/aromatic N) is 2. The van der Waals surface area contributed by atoms with Gasteiger partial charge in [-0.2, -0.15) is 0 Å². The van der Waals surface area contributed by atoms with Crippen LogP contribution in [-0.2, 0) is 6.54 Å². The van der Waals surface area contributed by atoms with Gasteiger partial charge in [0.15, 0.2) is 6.04 Å². The Morgan fingerprint density at radius 2 is 1.94 bits per heavy atom. The number of nitrogens with two attached hydrogens (primary N) is 1. The van der Waals surface area contributed by atoms with E-state index in [4.69, 9.17) is 0 Å². The first-order valence-electron chi connectivity index (χ1n) is 6.51. The van der Waals surface area contributed by atoms with Gasteiger partial charge in [0.2, 0.25) is 0 Å². The summed E-state index contributed by atoms with van der Waals surface area (Å²) in [5, 5.41) is 2.43. The quantitative estimate of drug-likeness (QED) is 0.841.